The quantitative estimate of drug-likeness (QED) is 0.504. The number of carbonyl (C=O) groups is 1. The normalized spacial score (nSPS) is 18.9. The van der Waals surface area contributed by atoms with E-state index in [0.29, 0.717) is 12.5 Å². The summed E-state index contributed by atoms with van der Waals surface area (Å²) in [5.74, 6) is 0.208. The molecule has 0 N–H and O–H groups in total. The third kappa shape index (κ3) is 2.58. The average molecular weight is 197 g/mol. The topological polar surface area (TPSA) is 29.5 Å². The molecule has 1 atom stereocenters. The molecule has 0 fully saturated rings. The fourth-order valence-corrected chi connectivity index (χ4v) is 1.79. The summed E-state index contributed by atoms with van der Waals surface area (Å²) in [4.78, 5) is 13.8. The fraction of sp³-hybridized carbons (Fsp3) is 0.727. The maximum atomic E-state index is 11.7. The molecular weight excluding hydrogens is 178 g/mol. The first-order valence-corrected chi connectivity index (χ1v) is 5.22. The van der Waals surface area contributed by atoms with Crippen molar-refractivity contribution in [2.75, 3.05) is 19.7 Å². The second kappa shape index (κ2) is 5.15. The fourth-order valence-electron chi connectivity index (χ4n) is 1.79. The Balaban J connectivity index is 2.58. The average Bonchev–Trinajstić information content (AvgIpc) is 2.57. The van der Waals surface area contributed by atoms with E-state index in [0.717, 1.165) is 13.1 Å². The number of nitrogens with zero attached hydrogens (tertiary/aromatic N) is 1. The Morgan fingerprint density at radius 1 is 1.43 bits per heavy atom. The van der Waals surface area contributed by atoms with E-state index in [9.17, 15) is 4.79 Å². The standard InChI is InChI=1S/C11H19NO2/c1-4-14-11(13)10(9(2)3)12-7-5-6-8-12/h5-6,9-10H,4,7-8H2,1-3H3/t10-/m0/s1. The van der Waals surface area contributed by atoms with E-state index in [1.54, 1.807) is 0 Å². The monoisotopic (exact) mass is 197 g/mol. The van der Waals surface area contributed by atoms with Gasteiger partial charge in [-0.1, -0.05) is 26.0 Å². The van der Waals surface area contributed by atoms with E-state index in [-0.39, 0.29) is 12.0 Å². The Hall–Kier alpha value is -0.830. The Kier molecular flexibility index (Phi) is 4.14. The van der Waals surface area contributed by atoms with Crippen LogP contribution in [0.25, 0.3) is 0 Å². The summed E-state index contributed by atoms with van der Waals surface area (Å²) < 4.78 is 5.07. The van der Waals surface area contributed by atoms with Crippen LogP contribution >= 0.6 is 0 Å². The highest BCUT2D eigenvalue weighted by Gasteiger charge is 2.30. The number of ether oxygens (including phenoxy) is 1. The van der Waals surface area contributed by atoms with E-state index < -0.39 is 0 Å². The minimum Gasteiger partial charge on any atom is -0.465 e. The van der Waals surface area contributed by atoms with Crippen LogP contribution in [0.2, 0.25) is 0 Å². The van der Waals surface area contributed by atoms with Gasteiger partial charge in [-0.2, -0.15) is 0 Å². The lowest BCUT2D eigenvalue weighted by Gasteiger charge is -2.28. The summed E-state index contributed by atoms with van der Waals surface area (Å²) in [6.45, 7) is 8.14. The van der Waals surface area contributed by atoms with Crippen LogP contribution in [0.3, 0.4) is 0 Å². The molecule has 80 valence electrons. The number of rotatable bonds is 4. The molecule has 0 aromatic rings. The van der Waals surface area contributed by atoms with E-state index in [1.165, 1.54) is 0 Å². The molecule has 1 rings (SSSR count). The lowest BCUT2D eigenvalue weighted by molar-refractivity contribution is -0.150. The van der Waals surface area contributed by atoms with E-state index >= 15 is 0 Å². The molecule has 0 aliphatic carbocycles. The number of esters is 1. The van der Waals surface area contributed by atoms with Crippen molar-refractivity contribution in [1.82, 2.24) is 4.90 Å². The first kappa shape index (κ1) is 11.2. The summed E-state index contributed by atoms with van der Waals surface area (Å²) in [6.07, 6.45) is 4.18. The van der Waals surface area contributed by atoms with E-state index in [4.69, 9.17) is 4.74 Å². The van der Waals surface area contributed by atoms with E-state index in [1.807, 2.05) is 6.92 Å². The molecule has 1 aliphatic heterocycles. The first-order chi connectivity index (χ1) is 6.66. The van der Waals surface area contributed by atoms with Crippen LogP contribution in [0.4, 0.5) is 0 Å². The zero-order chi connectivity index (χ0) is 10.6. The second-order valence-corrected chi connectivity index (χ2v) is 3.87. The zero-order valence-electron chi connectivity index (χ0n) is 9.19. The SMILES string of the molecule is CCOC(=O)[C@H](C(C)C)N1CC=CC1. The Labute approximate surface area is 85.7 Å². The van der Waals surface area contributed by atoms with Crippen molar-refractivity contribution in [2.24, 2.45) is 5.92 Å². The van der Waals surface area contributed by atoms with Gasteiger partial charge >= 0.3 is 5.97 Å². The number of hydrogen-bond acceptors (Lipinski definition) is 3. The zero-order valence-corrected chi connectivity index (χ0v) is 9.19. The summed E-state index contributed by atoms with van der Waals surface area (Å²) >= 11 is 0. The van der Waals surface area contributed by atoms with Crippen molar-refractivity contribution in [3.8, 4) is 0 Å². The van der Waals surface area contributed by atoms with Crippen LogP contribution in [0.1, 0.15) is 20.8 Å². The summed E-state index contributed by atoms with van der Waals surface area (Å²) in [7, 11) is 0. The van der Waals surface area contributed by atoms with Crippen LogP contribution in [-0.2, 0) is 9.53 Å². The van der Waals surface area contributed by atoms with Crippen LogP contribution in [-0.4, -0.2) is 36.6 Å². The molecule has 0 aromatic heterocycles. The van der Waals surface area contributed by atoms with Crippen molar-refractivity contribution >= 4 is 5.97 Å². The van der Waals surface area contributed by atoms with Gasteiger partial charge in [0, 0.05) is 13.1 Å². The molecule has 0 unspecified atom stereocenters. The van der Waals surface area contributed by atoms with Crippen LogP contribution < -0.4 is 0 Å². The van der Waals surface area contributed by atoms with Crippen molar-refractivity contribution in [2.45, 2.75) is 26.8 Å². The number of hydrogen-bond donors (Lipinski definition) is 0. The van der Waals surface area contributed by atoms with Crippen molar-refractivity contribution in [3.63, 3.8) is 0 Å². The first-order valence-electron chi connectivity index (χ1n) is 5.22. The van der Waals surface area contributed by atoms with Gasteiger partial charge in [0.15, 0.2) is 0 Å². The summed E-state index contributed by atoms with van der Waals surface area (Å²) in [5, 5.41) is 0. The van der Waals surface area contributed by atoms with Crippen molar-refractivity contribution in [3.05, 3.63) is 12.2 Å². The van der Waals surface area contributed by atoms with Crippen LogP contribution in [0.5, 0.6) is 0 Å². The molecule has 1 heterocycles. The molecule has 3 heteroatoms. The van der Waals surface area contributed by atoms with Crippen LogP contribution in [0, 0.1) is 5.92 Å². The minimum absolute atomic E-state index is 0.0915. The molecule has 0 spiro atoms. The maximum absolute atomic E-state index is 11.7. The van der Waals surface area contributed by atoms with Gasteiger partial charge in [0.25, 0.3) is 0 Å². The third-order valence-electron chi connectivity index (χ3n) is 2.40. The predicted molar refractivity (Wildman–Crippen MR) is 56.0 cm³/mol. The molecule has 0 radical (unpaired) electrons. The van der Waals surface area contributed by atoms with Crippen LogP contribution in [0.15, 0.2) is 12.2 Å². The van der Waals surface area contributed by atoms with Gasteiger partial charge in [0.2, 0.25) is 0 Å². The molecule has 3 nitrogen and oxygen atoms in total. The largest absolute Gasteiger partial charge is 0.465 e. The number of carbonyl (C=O) groups excluding carboxylic acids is 1. The lowest BCUT2D eigenvalue weighted by Crippen LogP contribution is -2.44. The highest BCUT2D eigenvalue weighted by Crippen LogP contribution is 2.15. The van der Waals surface area contributed by atoms with Gasteiger partial charge in [-0.3, -0.25) is 9.69 Å². The molecule has 0 saturated heterocycles. The molecule has 14 heavy (non-hydrogen) atoms. The smallest absolute Gasteiger partial charge is 0.323 e. The molecule has 0 bridgehead atoms. The summed E-state index contributed by atoms with van der Waals surface area (Å²) in [5.41, 5.74) is 0. The molecule has 1 aliphatic rings. The molecule has 0 amide bonds. The van der Waals surface area contributed by atoms with Gasteiger partial charge in [-0.05, 0) is 12.8 Å². The van der Waals surface area contributed by atoms with Crippen molar-refractivity contribution in [1.29, 1.82) is 0 Å². The van der Waals surface area contributed by atoms with Gasteiger partial charge in [0.05, 0.1) is 6.61 Å². The van der Waals surface area contributed by atoms with Crippen molar-refractivity contribution < 1.29 is 9.53 Å². The molecular formula is C11H19NO2. The third-order valence-corrected chi connectivity index (χ3v) is 2.40. The minimum atomic E-state index is -0.0926. The Morgan fingerprint density at radius 2 is 2.00 bits per heavy atom. The van der Waals surface area contributed by atoms with Gasteiger partial charge in [-0.25, -0.2) is 0 Å². The predicted octanol–water partition coefficient (Wildman–Crippen LogP) is 1.45. The van der Waals surface area contributed by atoms with E-state index in [2.05, 4.69) is 30.9 Å². The Morgan fingerprint density at radius 3 is 2.43 bits per heavy atom. The van der Waals surface area contributed by atoms with Gasteiger partial charge in [0.1, 0.15) is 6.04 Å². The molecule has 0 saturated carbocycles. The van der Waals surface area contributed by atoms with Gasteiger partial charge in [-0.15, -0.1) is 0 Å². The lowest BCUT2D eigenvalue weighted by atomic mass is 10.0. The highest BCUT2D eigenvalue weighted by molar-refractivity contribution is 5.76. The highest BCUT2D eigenvalue weighted by atomic mass is 16.5. The second-order valence-electron chi connectivity index (χ2n) is 3.87. The maximum Gasteiger partial charge on any atom is 0.323 e. The molecule has 0 aromatic carbocycles. The Bertz CT molecular complexity index is 215. The van der Waals surface area contributed by atoms with Gasteiger partial charge < -0.3 is 4.74 Å². The summed E-state index contributed by atoms with van der Waals surface area (Å²) in [6, 6.07) is -0.0926.